The Hall–Kier alpha value is -1.71. The first-order valence-corrected chi connectivity index (χ1v) is 5.06. The zero-order valence-corrected chi connectivity index (χ0v) is 9.33. The van der Waals surface area contributed by atoms with Crippen molar-refractivity contribution in [1.29, 1.82) is 0 Å². The molecule has 4 heteroatoms. The number of nitrogens with zero attached hydrogens (tertiary/aromatic N) is 2. The summed E-state index contributed by atoms with van der Waals surface area (Å²) in [5.74, 6) is 0. The summed E-state index contributed by atoms with van der Waals surface area (Å²) in [5.41, 5.74) is 8.11. The first-order chi connectivity index (χ1) is 7.18. The van der Waals surface area contributed by atoms with E-state index in [4.69, 9.17) is 0 Å². The minimum Gasteiger partial charge on any atom is -0.321 e. The summed E-state index contributed by atoms with van der Waals surface area (Å²) in [5, 5.41) is 6.92. The van der Waals surface area contributed by atoms with Crippen LogP contribution in [0.5, 0.6) is 0 Å². The van der Waals surface area contributed by atoms with E-state index in [9.17, 15) is 0 Å². The largest absolute Gasteiger partial charge is 0.321 e. The summed E-state index contributed by atoms with van der Waals surface area (Å²) in [6, 6.07) is 4.20. The second-order valence-corrected chi connectivity index (χ2v) is 3.81. The van der Waals surface area contributed by atoms with E-state index in [1.165, 1.54) is 17.0 Å². The molecule has 0 radical (unpaired) electrons. The Kier molecular flexibility index (Phi) is 2.49. The van der Waals surface area contributed by atoms with Gasteiger partial charge in [0.1, 0.15) is 0 Å². The van der Waals surface area contributed by atoms with Crippen LogP contribution in [0.2, 0.25) is 0 Å². The summed E-state index contributed by atoms with van der Waals surface area (Å²) in [7, 11) is 0. The highest BCUT2D eigenvalue weighted by Gasteiger charge is 2.02. The zero-order valence-electron chi connectivity index (χ0n) is 9.33. The number of hydrogen-bond acceptors (Lipinski definition) is 2. The summed E-state index contributed by atoms with van der Waals surface area (Å²) in [6.45, 7) is 6.99. The fraction of sp³-hybridized carbons (Fsp3) is 0.364. The fourth-order valence-corrected chi connectivity index (χ4v) is 1.64. The van der Waals surface area contributed by atoms with E-state index in [0.717, 1.165) is 12.2 Å². The number of nitrogens with one attached hydrogen (secondary N) is 2. The highest BCUT2D eigenvalue weighted by Crippen LogP contribution is 2.07. The number of aromatic amines is 1. The summed E-state index contributed by atoms with van der Waals surface area (Å²) in [4.78, 5) is 0. The molecule has 0 bridgehead atoms. The lowest BCUT2D eigenvalue weighted by Gasteiger charge is -2.11. The topological polar surface area (TPSA) is 45.6 Å². The molecule has 0 aliphatic carbocycles. The van der Waals surface area contributed by atoms with E-state index in [1.807, 2.05) is 13.1 Å². The molecule has 80 valence electrons. The van der Waals surface area contributed by atoms with E-state index < -0.39 is 0 Å². The third-order valence-electron chi connectivity index (χ3n) is 2.63. The Morgan fingerprint density at radius 1 is 1.27 bits per heavy atom. The van der Waals surface area contributed by atoms with Gasteiger partial charge in [-0.3, -0.25) is 9.77 Å². The van der Waals surface area contributed by atoms with E-state index in [2.05, 4.69) is 46.3 Å². The van der Waals surface area contributed by atoms with Gasteiger partial charge in [-0.15, -0.1) is 0 Å². The summed E-state index contributed by atoms with van der Waals surface area (Å²) in [6.07, 6.45) is 1.86. The van der Waals surface area contributed by atoms with Gasteiger partial charge in [0.15, 0.2) is 0 Å². The molecule has 15 heavy (non-hydrogen) atoms. The summed E-state index contributed by atoms with van der Waals surface area (Å²) >= 11 is 0. The SMILES string of the molecule is Cc1[nH]ncc1CNn1c(C)ccc1C. The van der Waals surface area contributed by atoms with Crippen LogP contribution in [0.3, 0.4) is 0 Å². The minimum absolute atomic E-state index is 0.790. The molecule has 0 fully saturated rings. The maximum atomic E-state index is 3.99. The average Bonchev–Trinajstić information content (AvgIpc) is 2.73. The molecule has 0 amide bonds. The highest BCUT2D eigenvalue weighted by molar-refractivity contribution is 5.19. The lowest BCUT2D eigenvalue weighted by Crippen LogP contribution is -2.17. The Morgan fingerprint density at radius 2 is 1.93 bits per heavy atom. The number of rotatable bonds is 3. The van der Waals surface area contributed by atoms with Crippen LogP contribution < -0.4 is 5.43 Å². The van der Waals surface area contributed by atoms with E-state index in [0.29, 0.717) is 0 Å². The molecule has 4 nitrogen and oxygen atoms in total. The molecule has 0 aliphatic rings. The van der Waals surface area contributed by atoms with Gasteiger partial charge in [-0.05, 0) is 32.9 Å². The van der Waals surface area contributed by atoms with Gasteiger partial charge in [-0.1, -0.05) is 0 Å². The molecule has 2 heterocycles. The van der Waals surface area contributed by atoms with E-state index >= 15 is 0 Å². The van der Waals surface area contributed by atoms with Crippen LogP contribution in [0.15, 0.2) is 18.3 Å². The van der Waals surface area contributed by atoms with Crippen molar-refractivity contribution in [2.75, 3.05) is 5.43 Å². The van der Waals surface area contributed by atoms with Gasteiger partial charge in [0.2, 0.25) is 0 Å². The van der Waals surface area contributed by atoms with Gasteiger partial charge in [0.25, 0.3) is 0 Å². The van der Waals surface area contributed by atoms with E-state index in [-0.39, 0.29) is 0 Å². The standard InChI is InChI=1S/C11H16N4/c1-8-4-5-9(2)15(8)13-7-11-6-12-14-10(11)3/h4-6,13H,7H2,1-3H3,(H,12,14). The maximum Gasteiger partial charge on any atom is 0.0597 e. The van der Waals surface area contributed by atoms with Gasteiger partial charge < -0.3 is 5.43 Å². The lowest BCUT2D eigenvalue weighted by atomic mass is 10.3. The van der Waals surface area contributed by atoms with Crippen LogP contribution in [-0.2, 0) is 6.54 Å². The Labute approximate surface area is 89.3 Å². The van der Waals surface area contributed by atoms with Crippen molar-refractivity contribution in [3.8, 4) is 0 Å². The molecule has 2 N–H and O–H groups in total. The molecular formula is C11H16N4. The van der Waals surface area contributed by atoms with Crippen molar-refractivity contribution < 1.29 is 0 Å². The minimum atomic E-state index is 0.790. The number of aromatic nitrogens is 3. The normalized spacial score (nSPS) is 10.6. The molecule has 2 aromatic heterocycles. The fourth-order valence-electron chi connectivity index (χ4n) is 1.64. The highest BCUT2D eigenvalue weighted by atomic mass is 15.4. The third-order valence-corrected chi connectivity index (χ3v) is 2.63. The van der Waals surface area contributed by atoms with Crippen LogP contribution in [0.1, 0.15) is 22.6 Å². The molecule has 2 rings (SSSR count). The van der Waals surface area contributed by atoms with E-state index in [1.54, 1.807) is 0 Å². The Bertz CT molecular complexity index is 433. The first kappa shape index (κ1) is 9.83. The quantitative estimate of drug-likeness (QED) is 0.801. The van der Waals surface area contributed by atoms with Gasteiger partial charge >= 0.3 is 0 Å². The second-order valence-electron chi connectivity index (χ2n) is 3.81. The lowest BCUT2D eigenvalue weighted by molar-refractivity contribution is 0.790. The van der Waals surface area contributed by atoms with Crippen LogP contribution in [-0.4, -0.2) is 14.9 Å². The molecule has 0 saturated heterocycles. The van der Waals surface area contributed by atoms with Gasteiger partial charge in [0, 0.05) is 22.6 Å². The van der Waals surface area contributed by atoms with Crippen molar-refractivity contribution in [2.24, 2.45) is 0 Å². The van der Waals surface area contributed by atoms with Crippen molar-refractivity contribution in [2.45, 2.75) is 27.3 Å². The molecule has 0 saturated carbocycles. The second kappa shape index (κ2) is 3.81. The van der Waals surface area contributed by atoms with Gasteiger partial charge in [-0.25, -0.2) is 0 Å². The predicted octanol–water partition coefficient (Wildman–Crippen LogP) is 1.88. The zero-order chi connectivity index (χ0) is 10.8. The molecule has 0 aromatic carbocycles. The van der Waals surface area contributed by atoms with Crippen molar-refractivity contribution in [3.63, 3.8) is 0 Å². The third kappa shape index (κ3) is 1.88. The Morgan fingerprint density at radius 3 is 2.47 bits per heavy atom. The predicted molar refractivity (Wildman–Crippen MR) is 60.3 cm³/mol. The molecule has 2 aromatic rings. The van der Waals surface area contributed by atoms with Crippen LogP contribution >= 0.6 is 0 Å². The molecular weight excluding hydrogens is 188 g/mol. The maximum absolute atomic E-state index is 3.99. The molecule has 0 aliphatic heterocycles. The van der Waals surface area contributed by atoms with Crippen LogP contribution in [0.25, 0.3) is 0 Å². The smallest absolute Gasteiger partial charge is 0.0597 e. The van der Waals surface area contributed by atoms with Crippen LogP contribution in [0.4, 0.5) is 0 Å². The molecule has 0 spiro atoms. The Balaban J connectivity index is 2.08. The molecule has 0 atom stereocenters. The number of hydrogen-bond donors (Lipinski definition) is 2. The van der Waals surface area contributed by atoms with Crippen molar-refractivity contribution in [3.05, 3.63) is 41.0 Å². The van der Waals surface area contributed by atoms with Crippen molar-refractivity contribution >= 4 is 0 Å². The van der Waals surface area contributed by atoms with Gasteiger partial charge in [-0.2, -0.15) is 5.10 Å². The number of H-pyrrole nitrogens is 1. The monoisotopic (exact) mass is 204 g/mol. The average molecular weight is 204 g/mol. The van der Waals surface area contributed by atoms with Crippen LogP contribution in [0, 0.1) is 20.8 Å². The summed E-state index contributed by atoms with van der Waals surface area (Å²) < 4.78 is 2.09. The van der Waals surface area contributed by atoms with Gasteiger partial charge in [0.05, 0.1) is 12.7 Å². The van der Waals surface area contributed by atoms with Crippen molar-refractivity contribution in [1.82, 2.24) is 14.9 Å². The number of aryl methyl sites for hydroxylation is 3. The molecule has 0 unspecified atom stereocenters. The first-order valence-electron chi connectivity index (χ1n) is 5.06.